The van der Waals surface area contributed by atoms with Gasteiger partial charge in [0.05, 0.1) is 0 Å². The molecule has 4 nitrogen and oxygen atoms in total. The molecule has 0 unspecified atom stereocenters. The quantitative estimate of drug-likeness (QED) is 0.220. The second-order valence-corrected chi connectivity index (χ2v) is 9.68. The summed E-state index contributed by atoms with van der Waals surface area (Å²) in [5.41, 5.74) is 5.64. The third-order valence-corrected chi connectivity index (χ3v) is 7.29. The van der Waals surface area contributed by atoms with Crippen molar-refractivity contribution in [2.24, 2.45) is 5.73 Å². The van der Waals surface area contributed by atoms with E-state index in [9.17, 15) is 0 Å². The van der Waals surface area contributed by atoms with E-state index in [1.54, 1.807) is 0 Å². The maximum atomic E-state index is 6.34. The van der Waals surface area contributed by atoms with Crippen LogP contribution in [0.15, 0.2) is 0 Å². The Kier molecular flexibility index (Phi) is 18.9. The van der Waals surface area contributed by atoms with E-state index in [2.05, 4.69) is 20.8 Å². The van der Waals surface area contributed by atoms with E-state index >= 15 is 0 Å². The number of hydrogen-bond acceptors (Lipinski definition) is 4. The molecule has 0 saturated carbocycles. The molecular weight excluding hydrogens is 330 g/mol. The van der Waals surface area contributed by atoms with Crippen molar-refractivity contribution in [1.29, 1.82) is 0 Å². The van der Waals surface area contributed by atoms with Gasteiger partial charge in [0.1, 0.15) is 0 Å². The lowest BCUT2D eigenvalue weighted by Crippen LogP contribution is -2.46. The zero-order valence-electron chi connectivity index (χ0n) is 17.3. The molecule has 0 aromatic heterocycles. The molecule has 0 aliphatic carbocycles. The van der Waals surface area contributed by atoms with Crippen molar-refractivity contribution in [3.05, 3.63) is 0 Å². The van der Waals surface area contributed by atoms with Crippen molar-refractivity contribution in [3.8, 4) is 0 Å². The Morgan fingerprint density at radius 3 is 1.36 bits per heavy atom. The molecule has 0 aromatic carbocycles. The molecule has 0 heterocycles. The third kappa shape index (κ3) is 14.9. The lowest BCUT2D eigenvalue weighted by Gasteiger charge is -2.30. The van der Waals surface area contributed by atoms with Crippen molar-refractivity contribution < 1.29 is 13.3 Å². The average Bonchev–Trinajstić information content (AvgIpc) is 2.63. The molecule has 0 radical (unpaired) electrons. The van der Waals surface area contributed by atoms with Gasteiger partial charge in [-0.1, -0.05) is 65.7 Å². The normalized spacial score (nSPS) is 12.0. The summed E-state index contributed by atoms with van der Waals surface area (Å²) in [6, 6.07) is 0.942. The standard InChI is InChI=1S/C20H45NO3Si/c1-4-7-12-17-22-25(20-15-10-11-16-21,23-18-13-8-5-2)24-19-14-9-6-3/h4-21H2,1-3H3. The monoisotopic (exact) mass is 375 g/mol. The van der Waals surface area contributed by atoms with Gasteiger partial charge in [0.2, 0.25) is 0 Å². The van der Waals surface area contributed by atoms with Gasteiger partial charge in [-0.05, 0) is 38.6 Å². The van der Waals surface area contributed by atoms with Crippen LogP contribution in [0.3, 0.4) is 0 Å². The fourth-order valence-electron chi connectivity index (χ4n) is 2.74. The Labute approximate surface area is 158 Å². The van der Waals surface area contributed by atoms with Crippen molar-refractivity contribution in [3.63, 3.8) is 0 Å². The minimum Gasteiger partial charge on any atom is -0.373 e. The second kappa shape index (κ2) is 18.8. The predicted molar refractivity (Wildman–Crippen MR) is 110 cm³/mol. The molecule has 2 N–H and O–H groups in total. The molecule has 0 rings (SSSR count). The van der Waals surface area contributed by atoms with Gasteiger partial charge in [0.15, 0.2) is 0 Å². The zero-order valence-corrected chi connectivity index (χ0v) is 18.3. The van der Waals surface area contributed by atoms with Gasteiger partial charge in [0.25, 0.3) is 0 Å². The summed E-state index contributed by atoms with van der Waals surface area (Å²) < 4.78 is 19.0. The Morgan fingerprint density at radius 1 is 0.560 bits per heavy atom. The topological polar surface area (TPSA) is 53.7 Å². The lowest BCUT2D eigenvalue weighted by molar-refractivity contribution is 0.0548. The molecule has 0 aliphatic heterocycles. The average molecular weight is 376 g/mol. The largest absolute Gasteiger partial charge is 0.500 e. The van der Waals surface area contributed by atoms with E-state index in [1.165, 1.54) is 38.5 Å². The summed E-state index contributed by atoms with van der Waals surface area (Å²) in [6.45, 7) is 9.76. The third-order valence-electron chi connectivity index (χ3n) is 4.40. The first-order chi connectivity index (χ1) is 12.2. The summed E-state index contributed by atoms with van der Waals surface area (Å²) >= 11 is 0. The van der Waals surface area contributed by atoms with E-state index in [1.807, 2.05) is 0 Å². The van der Waals surface area contributed by atoms with Gasteiger partial charge >= 0.3 is 8.80 Å². The van der Waals surface area contributed by atoms with Crippen LogP contribution in [0, 0.1) is 0 Å². The summed E-state index contributed by atoms with van der Waals surface area (Å²) in [6.07, 6.45) is 13.9. The van der Waals surface area contributed by atoms with Gasteiger partial charge in [-0.2, -0.15) is 0 Å². The molecule has 0 bridgehead atoms. The fourth-order valence-corrected chi connectivity index (χ4v) is 5.48. The van der Waals surface area contributed by atoms with Crippen molar-refractivity contribution in [2.45, 2.75) is 104 Å². The van der Waals surface area contributed by atoms with Crippen LogP contribution >= 0.6 is 0 Å². The molecule has 25 heavy (non-hydrogen) atoms. The Hall–Kier alpha value is 0.0569. The molecule has 0 fully saturated rings. The summed E-state index contributed by atoms with van der Waals surface area (Å²) in [4.78, 5) is 0. The first kappa shape index (κ1) is 25.1. The first-order valence-corrected chi connectivity index (χ1v) is 12.8. The predicted octanol–water partition coefficient (Wildman–Crippen LogP) is 5.67. The molecule has 0 atom stereocenters. The van der Waals surface area contributed by atoms with E-state index in [-0.39, 0.29) is 0 Å². The molecule has 0 amide bonds. The van der Waals surface area contributed by atoms with E-state index in [0.29, 0.717) is 0 Å². The van der Waals surface area contributed by atoms with Crippen LogP contribution in [0.25, 0.3) is 0 Å². The minimum atomic E-state index is -2.54. The van der Waals surface area contributed by atoms with Crippen molar-refractivity contribution in [1.82, 2.24) is 0 Å². The van der Waals surface area contributed by atoms with Gasteiger partial charge < -0.3 is 19.0 Å². The van der Waals surface area contributed by atoms with Crippen LogP contribution in [0.4, 0.5) is 0 Å². The first-order valence-electron chi connectivity index (χ1n) is 10.9. The molecule has 152 valence electrons. The number of nitrogens with two attached hydrogens (primary N) is 1. The lowest BCUT2D eigenvalue weighted by atomic mass is 10.2. The second-order valence-electron chi connectivity index (χ2n) is 6.95. The maximum absolute atomic E-state index is 6.34. The summed E-state index contributed by atoms with van der Waals surface area (Å²) in [5.74, 6) is 0. The fraction of sp³-hybridized carbons (Fsp3) is 1.00. The highest BCUT2D eigenvalue weighted by molar-refractivity contribution is 6.60. The summed E-state index contributed by atoms with van der Waals surface area (Å²) in [7, 11) is -2.54. The Morgan fingerprint density at radius 2 is 1.00 bits per heavy atom. The number of hydrogen-bond donors (Lipinski definition) is 1. The molecule has 0 aliphatic rings. The molecule has 0 saturated heterocycles. The van der Waals surface area contributed by atoms with Crippen LogP contribution in [-0.2, 0) is 13.3 Å². The van der Waals surface area contributed by atoms with Crippen LogP contribution in [0.1, 0.15) is 97.8 Å². The van der Waals surface area contributed by atoms with Crippen LogP contribution < -0.4 is 5.73 Å². The highest BCUT2D eigenvalue weighted by Crippen LogP contribution is 2.22. The zero-order chi connectivity index (χ0) is 18.6. The number of unbranched alkanes of at least 4 members (excludes halogenated alkanes) is 8. The van der Waals surface area contributed by atoms with Gasteiger partial charge in [-0.15, -0.1) is 0 Å². The smallest absolute Gasteiger partial charge is 0.373 e. The summed E-state index contributed by atoms with van der Waals surface area (Å²) in [5, 5.41) is 0. The van der Waals surface area contributed by atoms with E-state index in [4.69, 9.17) is 19.0 Å². The van der Waals surface area contributed by atoms with Crippen LogP contribution in [-0.4, -0.2) is 35.2 Å². The highest BCUT2D eigenvalue weighted by atomic mass is 28.4. The Bertz CT molecular complexity index is 214. The van der Waals surface area contributed by atoms with E-state index in [0.717, 1.165) is 70.9 Å². The minimum absolute atomic E-state index is 0.765. The highest BCUT2D eigenvalue weighted by Gasteiger charge is 2.40. The Balaban J connectivity index is 4.62. The van der Waals surface area contributed by atoms with Gasteiger partial charge in [-0.25, -0.2) is 0 Å². The van der Waals surface area contributed by atoms with Gasteiger partial charge in [0, 0.05) is 25.9 Å². The van der Waals surface area contributed by atoms with Crippen molar-refractivity contribution in [2.75, 3.05) is 26.4 Å². The van der Waals surface area contributed by atoms with Crippen molar-refractivity contribution >= 4 is 8.80 Å². The molecule has 0 spiro atoms. The maximum Gasteiger partial charge on any atom is 0.500 e. The molecular formula is C20H45NO3Si. The molecule has 5 heteroatoms. The van der Waals surface area contributed by atoms with Crippen LogP contribution in [0.5, 0.6) is 0 Å². The molecule has 0 aromatic rings. The SMILES string of the molecule is CCCCCO[Si](CCCCCN)(OCCCCC)OCCCCC. The number of rotatable bonds is 20. The van der Waals surface area contributed by atoms with E-state index < -0.39 is 8.80 Å². The van der Waals surface area contributed by atoms with Crippen LogP contribution in [0.2, 0.25) is 6.04 Å². The van der Waals surface area contributed by atoms with Gasteiger partial charge in [-0.3, -0.25) is 0 Å².